The Kier molecular flexibility index (Phi) is 6.19. The van der Waals surface area contributed by atoms with Gasteiger partial charge in [0.1, 0.15) is 0 Å². The van der Waals surface area contributed by atoms with Crippen molar-refractivity contribution in [2.45, 2.75) is 38.1 Å². The average molecular weight is 266 g/mol. The van der Waals surface area contributed by atoms with E-state index in [1.54, 1.807) is 0 Å². The smallest absolute Gasteiger partial charge is 0.0369 e. The number of thioether (sulfide) groups is 1. The van der Waals surface area contributed by atoms with Gasteiger partial charge < -0.3 is 11.1 Å². The molecule has 0 bridgehead atoms. The van der Waals surface area contributed by atoms with Crippen LogP contribution >= 0.6 is 11.8 Å². The predicted molar refractivity (Wildman–Crippen MR) is 82.1 cm³/mol. The summed E-state index contributed by atoms with van der Waals surface area (Å²) in [6.45, 7) is 7.46. The minimum absolute atomic E-state index is 0.170. The lowest BCUT2D eigenvalue weighted by molar-refractivity contribution is 0.239. The summed E-state index contributed by atoms with van der Waals surface area (Å²) in [7, 11) is 2.03. The van der Waals surface area contributed by atoms with E-state index < -0.39 is 0 Å². The van der Waals surface area contributed by atoms with Crippen LogP contribution in [0.15, 0.2) is 29.2 Å². The van der Waals surface area contributed by atoms with Crippen LogP contribution < -0.4 is 11.1 Å². The highest BCUT2D eigenvalue weighted by Crippen LogP contribution is 2.36. The normalized spacial score (nSPS) is 13.6. The molecule has 0 aliphatic carbocycles. The van der Waals surface area contributed by atoms with E-state index in [1.165, 1.54) is 10.5 Å². The molecule has 18 heavy (non-hydrogen) atoms. The van der Waals surface area contributed by atoms with Crippen LogP contribution in [0, 0.1) is 5.41 Å². The number of rotatable bonds is 7. The minimum Gasteiger partial charge on any atom is -0.330 e. The molecular weight excluding hydrogens is 240 g/mol. The first kappa shape index (κ1) is 15.5. The maximum Gasteiger partial charge on any atom is 0.0369 e. The summed E-state index contributed by atoms with van der Waals surface area (Å²) in [5.74, 6) is 1.12. The summed E-state index contributed by atoms with van der Waals surface area (Å²) in [5, 5.41) is 3.43. The van der Waals surface area contributed by atoms with Crippen molar-refractivity contribution in [3.8, 4) is 0 Å². The molecule has 2 nitrogen and oxygen atoms in total. The molecule has 0 saturated carbocycles. The summed E-state index contributed by atoms with van der Waals surface area (Å²) < 4.78 is 0. The second kappa shape index (κ2) is 7.17. The third-order valence-corrected chi connectivity index (χ3v) is 4.28. The zero-order chi connectivity index (χ0) is 13.6. The molecule has 0 fully saturated rings. The van der Waals surface area contributed by atoms with Gasteiger partial charge in [-0.3, -0.25) is 0 Å². The van der Waals surface area contributed by atoms with Crippen LogP contribution in [0.25, 0.3) is 0 Å². The van der Waals surface area contributed by atoms with Crippen LogP contribution in [-0.2, 0) is 0 Å². The lowest BCUT2D eigenvalue weighted by Gasteiger charge is -2.34. The Labute approximate surface area is 116 Å². The average Bonchev–Trinajstić information content (AvgIpc) is 2.32. The van der Waals surface area contributed by atoms with Gasteiger partial charge in [0.05, 0.1) is 0 Å². The van der Waals surface area contributed by atoms with Crippen LogP contribution in [0.4, 0.5) is 0 Å². The van der Waals surface area contributed by atoms with E-state index in [0.717, 1.165) is 18.7 Å². The fourth-order valence-electron chi connectivity index (χ4n) is 2.45. The highest BCUT2D eigenvalue weighted by Gasteiger charge is 2.28. The van der Waals surface area contributed by atoms with Gasteiger partial charge in [0.25, 0.3) is 0 Å². The number of benzene rings is 1. The van der Waals surface area contributed by atoms with Crippen molar-refractivity contribution < 1.29 is 0 Å². The van der Waals surface area contributed by atoms with Crippen molar-refractivity contribution in [2.75, 3.05) is 19.3 Å². The van der Waals surface area contributed by atoms with E-state index >= 15 is 0 Å². The maximum atomic E-state index is 5.72. The molecule has 0 aromatic heterocycles. The fraction of sp³-hybridized carbons (Fsp3) is 0.600. The zero-order valence-electron chi connectivity index (χ0n) is 12.0. The Bertz CT molecular complexity index is 346. The molecule has 0 spiro atoms. The Morgan fingerprint density at radius 1 is 1.28 bits per heavy atom. The molecule has 0 amide bonds. The zero-order valence-corrected chi connectivity index (χ0v) is 12.8. The lowest BCUT2D eigenvalue weighted by atomic mass is 9.78. The monoisotopic (exact) mass is 266 g/mol. The first-order chi connectivity index (χ1) is 8.55. The molecule has 1 rings (SSSR count). The summed E-state index contributed by atoms with van der Waals surface area (Å²) >= 11 is 1.88. The molecule has 1 unspecified atom stereocenters. The van der Waals surface area contributed by atoms with E-state index in [4.69, 9.17) is 5.73 Å². The van der Waals surface area contributed by atoms with Crippen molar-refractivity contribution in [1.82, 2.24) is 5.32 Å². The van der Waals surface area contributed by atoms with E-state index in [9.17, 15) is 0 Å². The first-order valence-electron chi connectivity index (χ1n) is 6.65. The molecule has 0 radical (unpaired) electrons. The third-order valence-electron chi connectivity index (χ3n) is 3.38. The van der Waals surface area contributed by atoms with Gasteiger partial charge in [-0.2, -0.15) is 0 Å². The van der Waals surface area contributed by atoms with Crippen LogP contribution in [0.2, 0.25) is 0 Å². The standard InChI is InChI=1S/C15H26N2S/c1-5-18-13-8-6-12(7-9-13)14(17-4)15(2,3)10-11-16/h6-9,14,17H,5,10-11,16H2,1-4H3. The highest BCUT2D eigenvalue weighted by atomic mass is 32.2. The van der Waals surface area contributed by atoms with Gasteiger partial charge in [-0.15, -0.1) is 11.8 Å². The molecule has 102 valence electrons. The van der Waals surface area contributed by atoms with Crippen LogP contribution in [0.5, 0.6) is 0 Å². The van der Waals surface area contributed by atoms with Gasteiger partial charge in [-0.05, 0) is 48.9 Å². The van der Waals surface area contributed by atoms with Crippen molar-refractivity contribution in [3.05, 3.63) is 29.8 Å². The van der Waals surface area contributed by atoms with Gasteiger partial charge in [0.15, 0.2) is 0 Å². The number of nitrogens with two attached hydrogens (primary N) is 1. The van der Waals surface area contributed by atoms with Gasteiger partial charge in [-0.1, -0.05) is 32.9 Å². The second-order valence-electron chi connectivity index (χ2n) is 5.25. The number of hydrogen-bond acceptors (Lipinski definition) is 3. The first-order valence-corrected chi connectivity index (χ1v) is 7.63. The number of nitrogens with one attached hydrogen (secondary N) is 1. The molecule has 1 aromatic rings. The SMILES string of the molecule is CCSc1ccc(C(NC)C(C)(C)CCN)cc1. The van der Waals surface area contributed by atoms with E-state index in [1.807, 2.05) is 18.8 Å². The summed E-state index contributed by atoms with van der Waals surface area (Å²) in [6, 6.07) is 9.25. The van der Waals surface area contributed by atoms with Crippen molar-refractivity contribution in [2.24, 2.45) is 11.1 Å². The Morgan fingerprint density at radius 2 is 1.89 bits per heavy atom. The van der Waals surface area contributed by atoms with Gasteiger partial charge in [0, 0.05) is 10.9 Å². The Balaban J connectivity index is 2.88. The summed E-state index contributed by atoms with van der Waals surface area (Å²) in [6.07, 6.45) is 1.02. The topological polar surface area (TPSA) is 38.0 Å². The van der Waals surface area contributed by atoms with Crippen molar-refractivity contribution >= 4 is 11.8 Å². The highest BCUT2D eigenvalue weighted by molar-refractivity contribution is 7.99. The molecule has 0 aliphatic rings. The van der Waals surface area contributed by atoms with Crippen LogP contribution in [-0.4, -0.2) is 19.3 Å². The second-order valence-corrected chi connectivity index (χ2v) is 6.59. The quantitative estimate of drug-likeness (QED) is 0.743. The van der Waals surface area contributed by atoms with E-state index in [0.29, 0.717) is 6.04 Å². The molecule has 1 aromatic carbocycles. The molecular formula is C15H26N2S. The van der Waals surface area contributed by atoms with Gasteiger partial charge in [-0.25, -0.2) is 0 Å². The van der Waals surface area contributed by atoms with Crippen molar-refractivity contribution in [1.29, 1.82) is 0 Å². The lowest BCUT2D eigenvalue weighted by Crippen LogP contribution is -2.33. The van der Waals surface area contributed by atoms with Gasteiger partial charge >= 0.3 is 0 Å². The van der Waals surface area contributed by atoms with E-state index in [-0.39, 0.29) is 5.41 Å². The number of hydrogen-bond donors (Lipinski definition) is 2. The molecule has 0 saturated heterocycles. The molecule has 1 atom stereocenters. The summed E-state index contributed by atoms with van der Waals surface area (Å²) in [5.41, 5.74) is 7.23. The van der Waals surface area contributed by atoms with Crippen molar-refractivity contribution in [3.63, 3.8) is 0 Å². The molecule has 0 heterocycles. The van der Waals surface area contributed by atoms with E-state index in [2.05, 4.69) is 50.4 Å². The molecule has 3 heteroatoms. The fourth-order valence-corrected chi connectivity index (χ4v) is 3.11. The maximum absolute atomic E-state index is 5.72. The van der Waals surface area contributed by atoms with Crippen LogP contribution in [0.1, 0.15) is 38.8 Å². The Hall–Kier alpha value is -0.510. The molecule has 3 N–H and O–H groups in total. The van der Waals surface area contributed by atoms with Gasteiger partial charge in [0.2, 0.25) is 0 Å². The largest absolute Gasteiger partial charge is 0.330 e. The minimum atomic E-state index is 0.170. The summed E-state index contributed by atoms with van der Waals surface area (Å²) in [4.78, 5) is 1.34. The molecule has 0 aliphatic heterocycles. The Morgan fingerprint density at radius 3 is 2.33 bits per heavy atom. The predicted octanol–water partition coefficient (Wildman–Crippen LogP) is 3.43. The third kappa shape index (κ3) is 4.01. The van der Waals surface area contributed by atoms with Crippen LogP contribution in [0.3, 0.4) is 0 Å².